The molecule has 0 spiro atoms. The van der Waals surface area contributed by atoms with Gasteiger partial charge in [-0.2, -0.15) is 0 Å². The maximum absolute atomic E-state index is 12.6. The van der Waals surface area contributed by atoms with Gasteiger partial charge in [0, 0.05) is 37.6 Å². The number of carbonyl (C=O) groups excluding carboxylic acids is 3. The summed E-state index contributed by atoms with van der Waals surface area (Å²) < 4.78 is 4.88. The van der Waals surface area contributed by atoms with Gasteiger partial charge in [-0.3, -0.25) is 19.3 Å². The minimum absolute atomic E-state index is 0.0554. The predicted octanol–water partition coefficient (Wildman–Crippen LogP) is 0.631. The van der Waals surface area contributed by atoms with Crippen LogP contribution in [0.3, 0.4) is 0 Å². The zero-order valence-corrected chi connectivity index (χ0v) is 16.8. The highest BCUT2D eigenvalue weighted by molar-refractivity contribution is 8.00. The van der Waals surface area contributed by atoms with Gasteiger partial charge in [-0.1, -0.05) is 12.2 Å². The van der Waals surface area contributed by atoms with Gasteiger partial charge in [-0.05, 0) is 17.6 Å². The summed E-state index contributed by atoms with van der Waals surface area (Å²) in [5.74, 6) is -2.04. The molecule has 9 nitrogen and oxygen atoms in total. The van der Waals surface area contributed by atoms with Crippen molar-refractivity contribution < 1.29 is 29.0 Å². The first-order valence-corrected chi connectivity index (χ1v) is 10.3. The number of β-lactam (4-membered cyclic amide) rings is 1. The minimum Gasteiger partial charge on any atom is -0.477 e. The summed E-state index contributed by atoms with van der Waals surface area (Å²) in [7, 11) is 0. The number of thioether (sulfide) groups is 1. The van der Waals surface area contributed by atoms with Crippen LogP contribution in [0.15, 0.2) is 34.7 Å². The molecule has 3 rings (SSSR count). The number of allylic oxidation sites excluding steroid dienone is 2. The normalized spacial score (nSPS) is 23.5. The second kappa shape index (κ2) is 8.73. The third kappa shape index (κ3) is 4.47. The molecule has 2 amide bonds. The van der Waals surface area contributed by atoms with E-state index < -0.39 is 29.3 Å². The third-order valence-electron chi connectivity index (χ3n) is 4.97. The van der Waals surface area contributed by atoms with Gasteiger partial charge in [-0.15, -0.1) is 11.8 Å². The van der Waals surface area contributed by atoms with E-state index in [0.717, 1.165) is 5.57 Å². The summed E-state index contributed by atoms with van der Waals surface area (Å²) in [5.41, 5.74) is 7.89. The van der Waals surface area contributed by atoms with Crippen LogP contribution in [0.5, 0.6) is 0 Å². The third-order valence-corrected chi connectivity index (χ3v) is 6.31. The van der Waals surface area contributed by atoms with E-state index in [-0.39, 0.29) is 31.1 Å². The van der Waals surface area contributed by atoms with E-state index in [1.165, 1.54) is 23.6 Å². The summed E-state index contributed by atoms with van der Waals surface area (Å²) >= 11 is 1.38. The molecule has 2 aliphatic heterocycles. The van der Waals surface area contributed by atoms with Crippen molar-refractivity contribution in [2.75, 3.05) is 12.4 Å². The molecule has 0 aromatic rings. The minimum atomic E-state index is -1.21. The van der Waals surface area contributed by atoms with E-state index in [4.69, 9.17) is 10.5 Å². The van der Waals surface area contributed by atoms with Crippen molar-refractivity contribution in [1.29, 1.82) is 0 Å². The van der Waals surface area contributed by atoms with Crippen LogP contribution in [-0.2, 0) is 23.9 Å². The molecule has 1 fully saturated rings. The zero-order chi connectivity index (χ0) is 21.1. The van der Waals surface area contributed by atoms with Crippen LogP contribution < -0.4 is 11.1 Å². The Kier molecular flexibility index (Phi) is 6.31. The van der Waals surface area contributed by atoms with Gasteiger partial charge in [0.05, 0.1) is 6.61 Å². The number of ether oxygens (including phenoxy) is 1. The molecule has 4 N–H and O–H groups in total. The van der Waals surface area contributed by atoms with Crippen LogP contribution in [0.25, 0.3) is 0 Å². The number of hydrogen-bond donors (Lipinski definition) is 3. The van der Waals surface area contributed by atoms with Crippen LogP contribution in [0.4, 0.5) is 0 Å². The van der Waals surface area contributed by atoms with Gasteiger partial charge in [0.15, 0.2) is 0 Å². The molecule has 1 saturated heterocycles. The van der Waals surface area contributed by atoms with Crippen molar-refractivity contribution >= 4 is 35.5 Å². The van der Waals surface area contributed by atoms with E-state index in [9.17, 15) is 24.3 Å². The Bertz CT molecular complexity index is 847. The second-order valence-corrected chi connectivity index (χ2v) is 8.09. The molecule has 0 radical (unpaired) electrons. The fraction of sp³-hybridized carbons (Fsp3) is 0.474. The fourth-order valence-electron chi connectivity index (χ4n) is 3.51. The lowest BCUT2D eigenvalue weighted by Crippen LogP contribution is -2.70. The van der Waals surface area contributed by atoms with Gasteiger partial charge < -0.3 is 20.9 Å². The molecule has 1 unspecified atom stereocenters. The van der Waals surface area contributed by atoms with Crippen LogP contribution in [0, 0.1) is 0 Å². The molecule has 0 saturated carbocycles. The smallest absolute Gasteiger partial charge is 0.352 e. The number of hydrogen-bond acceptors (Lipinski definition) is 7. The number of fused-ring (bicyclic) bond motifs is 1. The second-order valence-electron chi connectivity index (χ2n) is 6.99. The lowest BCUT2D eigenvalue weighted by Gasteiger charge is -2.49. The first-order chi connectivity index (χ1) is 13.8. The SMILES string of the molecule is CC(=O)OCCC1=C(C(=O)O)N2C(=O)C(NC(=O)CC3=C(N)CC=CC3)[C@H]2SC1. The number of nitrogens with two attached hydrogens (primary N) is 1. The molecular formula is C19H23N3O6S. The van der Waals surface area contributed by atoms with Gasteiger partial charge in [0.25, 0.3) is 5.91 Å². The first kappa shape index (κ1) is 21.0. The molecule has 0 aromatic carbocycles. The Morgan fingerprint density at radius 2 is 2.03 bits per heavy atom. The van der Waals surface area contributed by atoms with E-state index in [2.05, 4.69) is 5.32 Å². The van der Waals surface area contributed by atoms with Crippen molar-refractivity contribution in [3.05, 3.63) is 34.7 Å². The standard InChI is InChI=1S/C19H23N3O6S/c1-10(23)28-7-6-12-9-29-18-15(17(25)22(18)16(12)19(26)27)21-14(24)8-11-4-2-3-5-13(11)20/h2-3,15,18H,4-9,20H2,1H3,(H,21,24)(H,26,27)/t15?,18-/m1/s1. The highest BCUT2D eigenvalue weighted by Crippen LogP contribution is 2.41. The van der Waals surface area contributed by atoms with Gasteiger partial charge >= 0.3 is 11.9 Å². The average Bonchev–Trinajstić information content (AvgIpc) is 2.67. The van der Waals surface area contributed by atoms with Crippen molar-refractivity contribution in [3.63, 3.8) is 0 Å². The van der Waals surface area contributed by atoms with E-state index in [1.807, 2.05) is 12.2 Å². The van der Waals surface area contributed by atoms with Crippen LogP contribution >= 0.6 is 11.8 Å². The lowest BCUT2D eigenvalue weighted by molar-refractivity contribution is -0.150. The fourth-order valence-corrected chi connectivity index (χ4v) is 4.90. The average molecular weight is 421 g/mol. The highest BCUT2D eigenvalue weighted by Gasteiger charge is 2.54. The quantitative estimate of drug-likeness (QED) is 0.309. The summed E-state index contributed by atoms with van der Waals surface area (Å²) in [5, 5.41) is 11.8. The molecule has 2 heterocycles. The molecule has 10 heteroatoms. The Morgan fingerprint density at radius 3 is 2.69 bits per heavy atom. The molecule has 1 aliphatic carbocycles. The monoisotopic (exact) mass is 421 g/mol. The number of nitrogens with zero attached hydrogens (tertiary/aromatic N) is 1. The molecule has 0 bridgehead atoms. The topological polar surface area (TPSA) is 139 Å². The number of esters is 1. The Labute approximate surface area is 172 Å². The zero-order valence-electron chi connectivity index (χ0n) is 16.0. The summed E-state index contributed by atoms with van der Waals surface area (Å²) in [6.07, 6.45) is 5.48. The van der Waals surface area contributed by atoms with E-state index in [0.29, 0.717) is 29.9 Å². The summed E-state index contributed by atoms with van der Waals surface area (Å²) in [6, 6.07) is -0.766. The summed E-state index contributed by atoms with van der Waals surface area (Å²) in [4.78, 5) is 48.8. The number of carbonyl (C=O) groups is 4. The summed E-state index contributed by atoms with van der Waals surface area (Å²) in [6.45, 7) is 1.33. The number of carboxylic acid groups (broad SMARTS) is 1. The number of nitrogens with one attached hydrogen (secondary N) is 1. The van der Waals surface area contributed by atoms with Gasteiger partial charge in [0.1, 0.15) is 17.1 Å². The highest BCUT2D eigenvalue weighted by atomic mass is 32.2. The van der Waals surface area contributed by atoms with Crippen LogP contribution in [0.2, 0.25) is 0 Å². The van der Waals surface area contributed by atoms with Crippen molar-refractivity contribution in [1.82, 2.24) is 10.2 Å². The molecule has 29 heavy (non-hydrogen) atoms. The Balaban J connectivity index is 1.65. The lowest BCUT2D eigenvalue weighted by atomic mass is 9.98. The van der Waals surface area contributed by atoms with Crippen molar-refractivity contribution in [2.24, 2.45) is 5.73 Å². The number of carboxylic acids is 1. The van der Waals surface area contributed by atoms with E-state index in [1.54, 1.807) is 0 Å². The largest absolute Gasteiger partial charge is 0.477 e. The molecule has 3 aliphatic rings. The maximum Gasteiger partial charge on any atom is 0.352 e. The van der Waals surface area contributed by atoms with Crippen LogP contribution in [-0.4, -0.2) is 57.5 Å². The number of rotatable bonds is 7. The first-order valence-electron chi connectivity index (χ1n) is 9.23. The Morgan fingerprint density at radius 1 is 1.31 bits per heavy atom. The number of aliphatic carboxylic acids is 1. The predicted molar refractivity (Wildman–Crippen MR) is 105 cm³/mol. The van der Waals surface area contributed by atoms with Gasteiger partial charge in [0.2, 0.25) is 5.91 Å². The molecule has 0 aromatic heterocycles. The maximum atomic E-state index is 12.6. The van der Waals surface area contributed by atoms with Crippen LogP contribution in [0.1, 0.15) is 32.6 Å². The number of amides is 2. The van der Waals surface area contributed by atoms with Gasteiger partial charge in [-0.25, -0.2) is 4.79 Å². The molecular weight excluding hydrogens is 398 g/mol. The van der Waals surface area contributed by atoms with Crippen molar-refractivity contribution in [2.45, 2.75) is 44.0 Å². The molecule has 156 valence electrons. The molecule has 2 atom stereocenters. The van der Waals surface area contributed by atoms with E-state index >= 15 is 0 Å². The van der Waals surface area contributed by atoms with Crippen molar-refractivity contribution in [3.8, 4) is 0 Å². The Hall–Kier alpha value is -2.75.